The van der Waals surface area contributed by atoms with Crippen molar-refractivity contribution in [1.82, 2.24) is 10.2 Å². The Labute approximate surface area is 131 Å². The number of amides is 2. The number of nitrogens with zero attached hydrogens (tertiary/aromatic N) is 1. The molecule has 5 heteroatoms. The molecule has 1 N–H and O–H groups in total. The average Bonchev–Trinajstić information content (AvgIpc) is 3.02. The Balaban J connectivity index is 1.67. The zero-order valence-corrected chi connectivity index (χ0v) is 13.4. The maximum Gasteiger partial charge on any atom is 0.241 e. The van der Waals surface area contributed by atoms with Gasteiger partial charge in [-0.15, -0.1) is 0 Å². The summed E-state index contributed by atoms with van der Waals surface area (Å²) in [6, 6.07) is 5.99. The molecule has 120 valence electrons. The normalized spacial score (nSPS) is 14.0. The van der Waals surface area contributed by atoms with Gasteiger partial charge in [0, 0.05) is 13.1 Å². The SMILES string of the molecule is Cc1ccc(C)c(OCCC(=O)NCC(=O)N2CCCC2)c1. The van der Waals surface area contributed by atoms with Gasteiger partial charge in [-0.1, -0.05) is 12.1 Å². The number of rotatable bonds is 6. The molecule has 1 fully saturated rings. The van der Waals surface area contributed by atoms with Crippen LogP contribution < -0.4 is 10.1 Å². The molecule has 1 aliphatic rings. The second-order valence-electron chi connectivity index (χ2n) is 5.73. The van der Waals surface area contributed by atoms with E-state index in [1.807, 2.05) is 32.0 Å². The van der Waals surface area contributed by atoms with Crippen molar-refractivity contribution in [3.05, 3.63) is 29.3 Å². The number of carbonyl (C=O) groups is 2. The molecule has 0 spiro atoms. The molecule has 2 rings (SSSR count). The summed E-state index contributed by atoms with van der Waals surface area (Å²) in [6.45, 7) is 6.00. The van der Waals surface area contributed by atoms with Gasteiger partial charge in [-0.25, -0.2) is 0 Å². The number of carbonyl (C=O) groups excluding carboxylic acids is 2. The largest absolute Gasteiger partial charge is 0.493 e. The highest BCUT2D eigenvalue weighted by molar-refractivity contribution is 5.84. The molecule has 0 bridgehead atoms. The molecule has 0 atom stereocenters. The molecular weight excluding hydrogens is 280 g/mol. The van der Waals surface area contributed by atoms with Gasteiger partial charge in [0.25, 0.3) is 0 Å². The van der Waals surface area contributed by atoms with Gasteiger partial charge in [0.1, 0.15) is 5.75 Å². The van der Waals surface area contributed by atoms with Gasteiger partial charge in [-0.05, 0) is 43.9 Å². The Morgan fingerprint density at radius 2 is 1.95 bits per heavy atom. The van der Waals surface area contributed by atoms with Crippen molar-refractivity contribution in [1.29, 1.82) is 0 Å². The molecule has 1 saturated heterocycles. The standard InChI is InChI=1S/C17H24N2O3/c1-13-5-6-14(2)15(11-13)22-10-7-16(20)18-12-17(21)19-8-3-4-9-19/h5-6,11H,3-4,7-10,12H2,1-2H3,(H,18,20). The molecule has 1 aliphatic heterocycles. The maximum absolute atomic E-state index is 11.8. The predicted molar refractivity (Wildman–Crippen MR) is 84.9 cm³/mol. The van der Waals surface area contributed by atoms with Crippen LogP contribution in [0.5, 0.6) is 5.75 Å². The van der Waals surface area contributed by atoms with E-state index >= 15 is 0 Å². The number of ether oxygens (including phenoxy) is 1. The lowest BCUT2D eigenvalue weighted by Crippen LogP contribution is -2.38. The molecule has 5 nitrogen and oxygen atoms in total. The number of benzene rings is 1. The van der Waals surface area contributed by atoms with Crippen LogP contribution >= 0.6 is 0 Å². The second-order valence-corrected chi connectivity index (χ2v) is 5.73. The minimum Gasteiger partial charge on any atom is -0.493 e. The quantitative estimate of drug-likeness (QED) is 0.872. The topological polar surface area (TPSA) is 58.6 Å². The van der Waals surface area contributed by atoms with E-state index in [4.69, 9.17) is 4.74 Å². The van der Waals surface area contributed by atoms with Gasteiger partial charge in [0.15, 0.2) is 0 Å². The summed E-state index contributed by atoms with van der Waals surface area (Å²) >= 11 is 0. The summed E-state index contributed by atoms with van der Waals surface area (Å²) in [5, 5.41) is 2.66. The first-order chi connectivity index (χ1) is 10.6. The van der Waals surface area contributed by atoms with E-state index in [1.54, 1.807) is 4.90 Å². The van der Waals surface area contributed by atoms with Crippen LogP contribution in [0.15, 0.2) is 18.2 Å². The molecule has 0 unspecified atom stereocenters. The fourth-order valence-electron chi connectivity index (χ4n) is 2.46. The van der Waals surface area contributed by atoms with Crippen molar-refractivity contribution >= 4 is 11.8 Å². The summed E-state index contributed by atoms with van der Waals surface area (Å²) in [5.74, 6) is 0.653. The molecule has 0 aliphatic carbocycles. The van der Waals surface area contributed by atoms with Crippen LogP contribution in [0.4, 0.5) is 0 Å². The fourth-order valence-corrected chi connectivity index (χ4v) is 2.46. The van der Waals surface area contributed by atoms with Crippen LogP contribution in [0.2, 0.25) is 0 Å². The highest BCUT2D eigenvalue weighted by Crippen LogP contribution is 2.19. The first-order valence-electron chi connectivity index (χ1n) is 7.81. The van der Waals surface area contributed by atoms with E-state index in [1.165, 1.54) is 0 Å². The van der Waals surface area contributed by atoms with E-state index in [9.17, 15) is 9.59 Å². The molecule has 0 aromatic heterocycles. The van der Waals surface area contributed by atoms with Crippen molar-refractivity contribution in [3.63, 3.8) is 0 Å². The lowest BCUT2D eigenvalue weighted by Gasteiger charge is -2.15. The third-order valence-electron chi connectivity index (χ3n) is 3.83. The maximum atomic E-state index is 11.8. The fraction of sp³-hybridized carbons (Fsp3) is 0.529. The van der Waals surface area contributed by atoms with E-state index < -0.39 is 0 Å². The predicted octanol–water partition coefficient (Wildman–Crippen LogP) is 1.81. The van der Waals surface area contributed by atoms with Crippen molar-refractivity contribution in [2.45, 2.75) is 33.1 Å². The molecule has 22 heavy (non-hydrogen) atoms. The highest BCUT2D eigenvalue weighted by atomic mass is 16.5. The minimum absolute atomic E-state index is 0.00120. The Bertz CT molecular complexity index is 537. The first kappa shape index (κ1) is 16.3. The van der Waals surface area contributed by atoms with E-state index in [0.29, 0.717) is 6.61 Å². The van der Waals surface area contributed by atoms with Gasteiger partial charge < -0.3 is 15.0 Å². The molecular formula is C17H24N2O3. The van der Waals surface area contributed by atoms with Crippen molar-refractivity contribution in [2.75, 3.05) is 26.2 Å². The van der Waals surface area contributed by atoms with Gasteiger partial charge in [-0.2, -0.15) is 0 Å². The van der Waals surface area contributed by atoms with Crippen LogP contribution in [0.25, 0.3) is 0 Å². The Morgan fingerprint density at radius 3 is 2.68 bits per heavy atom. The van der Waals surface area contributed by atoms with Gasteiger partial charge in [-0.3, -0.25) is 9.59 Å². The summed E-state index contributed by atoms with van der Waals surface area (Å²) in [5.41, 5.74) is 2.18. The Morgan fingerprint density at radius 1 is 1.23 bits per heavy atom. The summed E-state index contributed by atoms with van der Waals surface area (Å²) in [6.07, 6.45) is 2.37. The number of nitrogens with one attached hydrogen (secondary N) is 1. The number of hydrogen-bond acceptors (Lipinski definition) is 3. The van der Waals surface area contributed by atoms with E-state index in [0.717, 1.165) is 42.8 Å². The minimum atomic E-state index is -0.155. The summed E-state index contributed by atoms with van der Waals surface area (Å²) < 4.78 is 5.64. The Kier molecular flexibility index (Phi) is 5.81. The van der Waals surface area contributed by atoms with E-state index in [2.05, 4.69) is 5.32 Å². The molecule has 1 aromatic rings. The summed E-state index contributed by atoms with van der Waals surface area (Å²) in [7, 11) is 0. The number of likely N-dealkylation sites (tertiary alicyclic amines) is 1. The number of aryl methyl sites for hydroxylation is 2. The lowest BCUT2D eigenvalue weighted by atomic mass is 10.1. The average molecular weight is 304 g/mol. The Hall–Kier alpha value is -2.04. The lowest BCUT2D eigenvalue weighted by molar-refractivity contribution is -0.132. The molecule has 2 amide bonds. The zero-order chi connectivity index (χ0) is 15.9. The van der Waals surface area contributed by atoms with E-state index in [-0.39, 0.29) is 24.8 Å². The molecule has 1 aromatic carbocycles. The molecule has 0 saturated carbocycles. The van der Waals surface area contributed by atoms with Crippen molar-refractivity contribution in [3.8, 4) is 5.75 Å². The molecule has 0 radical (unpaired) electrons. The van der Waals surface area contributed by atoms with Gasteiger partial charge in [0.05, 0.1) is 19.6 Å². The van der Waals surface area contributed by atoms with Crippen LogP contribution in [-0.4, -0.2) is 43.0 Å². The third-order valence-corrected chi connectivity index (χ3v) is 3.83. The van der Waals surface area contributed by atoms with Crippen molar-refractivity contribution in [2.24, 2.45) is 0 Å². The smallest absolute Gasteiger partial charge is 0.241 e. The number of hydrogen-bond donors (Lipinski definition) is 1. The zero-order valence-electron chi connectivity index (χ0n) is 13.4. The van der Waals surface area contributed by atoms with Gasteiger partial charge in [0.2, 0.25) is 11.8 Å². The second kappa shape index (κ2) is 7.82. The molecule has 1 heterocycles. The monoisotopic (exact) mass is 304 g/mol. The van der Waals surface area contributed by atoms with Crippen LogP contribution in [0, 0.1) is 13.8 Å². The third kappa shape index (κ3) is 4.76. The van der Waals surface area contributed by atoms with Crippen LogP contribution in [0.3, 0.4) is 0 Å². The highest BCUT2D eigenvalue weighted by Gasteiger charge is 2.17. The first-order valence-corrected chi connectivity index (χ1v) is 7.81. The van der Waals surface area contributed by atoms with Gasteiger partial charge >= 0.3 is 0 Å². The summed E-state index contributed by atoms with van der Waals surface area (Å²) in [4.78, 5) is 25.3. The van der Waals surface area contributed by atoms with Crippen LogP contribution in [0.1, 0.15) is 30.4 Å². The van der Waals surface area contributed by atoms with Crippen molar-refractivity contribution < 1.29 is 14.3 Å². The van der Waals surface area contributed by atoms with Crippen LogP contribution in [-0.2, 0) is 9.59 Å².